The van der Waals surface area contributed by atoms with Crippen LogP contribution in [-0.4, -0.2) is 20.9 Å². The van der Waals surface area contributed by atoms with Crippen molar-refractivity contribution >= 4 is 33.2 Å². The van der Waals surface area contributed by atoms with E-state index in [1.807, 2.05) is 38.1 Å². The van der Waals surface area contributed by atoms with Gasteiger partial charge >= 0.3 is 0 Å². The van der Waals surface area contributed by atoms with Crippen LogP contribution in [0.2, 0.25) is 5.02 Å². The second-order valence-electron chi connectivity index (χ2n) is 6.81. The van der Waals surface area contributed by atoms with Gasteiger partial charge in [0.05, 0.1) is 17.7 Å². The van der Waals surface area contributed by atoms with Crippen molar-refractivity contribution < 1.29 is 17.9 Å². The molecule has 1 amide bonds. The van der Waals surface area contributed by atoms with Crippen LogP contribution in [0.5, 0.6) is 5.75 Å². The van der Waals surface area contributed by atoms with Gasteiger partial charge in [0, 0.05) is 11.3 Å². The lowest BCUT2D eigenvalue weighted by Gasteiger charge is -2.16. The van der Waals surface area contributed by atoms with Crippen LogP contribution < -0.4 is 14.8 Å². The van der Waals surface area contributed by atoms with Crippen LogP contribution in [0.4, 0.5) is 5.69 Å². The third kappa shape index (κ3) is 5.77. The first-order chi connectivity index (χ1) is 14.8. The highest BCUT2D eigenvalue weighted by molar-refractivity contribution is 7.92. The standard InChI is InChI=1S/C23H23ClN2O4S/c1-3-30-20-12-9-17(10-13-20)16(2)25-23(27)18-11-14-21(24)22(15-18)31(28,29)26-19-7-5-4-6-8-19/h4-16,26H,3H2,1-2H3,(H,25,27). The first kappa shape index (κ1) is 22.7. The summed E-state index contributed by atoms with van der Waals surface area (Å²) in [5.41, 5.74) is 1.48. The number of ether oxygens (including phenoxy) is 1. The largest absolute Gasteiger partial charge is 0.494 e. The molecule has 0 aliphatic rings. The highest BCUT2D eigenvalue weighted by atomic mass is 35.5. The van der Waals surface area contributed by atoms with Crippen molar-refractivity contribution in [2.75, 3.05) is 11.3 Å². The first-order valence-corrected chi connectivity index (χ1v) is 11.6. The molecule has 1 unspecified atom stereocenters. The van der Waals surface area contributed by atoms with Crippen molar-refractivity contribution in [3.8, 4) is 5.75 Å². The monoisotopic (exact) mass is 458 g/mol. The van der Waals surface area contributed by atoms with E-state index in [0.29, 0.717) is 12.3 Å². The molecule has 3 rings (SSSR count). The fraction of sp³-hybridized carbons (Fsp3) is 0.174. The minimum atomic E-state index is -3.97. The van der Waals surface area contributed by atoms with Gasteiger partial charge in [-0.15, -0.1) is 0 Å². The third-order valence-corrected chi connectivity index (χ3v) is 6.41. The number of carbonyl (C=O) groups excluding carboxylic acids is 1. The molecule has 1 atom stereocenters. The molecule has 0 spiro atoms. The fourth-order valence-electron chi connectivity index (χ4n) is 2.95. The molecule has 6 nitrogen and oxygen atoms in total. The van der Waals surface area contributed by atoms with Gasteiger partial charge < -0.3 is 10.1 Å². The number of hydrogen-bond donors (Lipinski definition) is 2. The number of nitrogens with one attached hydrogen (secondary N) is 2. The van der Waals surface area contributed by atoms with Crippen LogP contribution in [0.3, 0.4) is 0 Å². The molecule has 0 heterocycles. The molecule has 31 heavy (non-hydrogen) atoms. The number of hydrogen-bond acceptors (Lipinski definition) is 4. The zero-order valence-corrected chi connectivity index (χ0v) is 18.7. The third-order valence-electron chi connectivity index (χ3n) is 4.55. The Labute approximate surface area is 187 Å². The van der Waals surface area contributed by atoms with Crippen LogP contribution in [0, 0.1) is 0 Å². The normalized spacial score (nSPS) is 12.1. The molecule has 0 radical (unpaired) electrons. The lowest BCUT2D eigenvalue weighted by molar-refractivity contribution is 0.0939. The predicted molar refractivity (Wildman–Crippen MR) is 122 cm³/mol. The van der Waals surface area contributed by atoms with E-state index in [-0.39, 0.29) is 21.5 Å². The average Bonchev–Trinajstić information content (AvgIpc) is 2.75. The summed E-state index contributed by atoms with van der Waals surface area (Å²) in [5, 5.41) is 2.90. The summed E-state index contributed by atoms with van der Waals surface area (Å²) in [7, 11) is -3.97. The van der Waals surface area contributed by atoms with Gasteiger partial charge in [-0.25, -0.2) is 8.42 Å². The van der Waals surface area contributed by atoms with Gasteiger partial charge in [-0.1, -0.05) is 41.9 Å². The molecule has 0 aliphatic heterocycles. The second kappa shape index (κ2) is 9.85. The van der Waals surface area contributed by atoms with Gasteiger partial charge in [0.25, 0.3) is 15.9 Å². The Morgan fingerprint density at radius 3 is 2.35 bits per heavy atom. The molecule has 0 aromatic heterocycles. The van der Waals surface area contributed by atoms with E-state index in [1.54, 1.807) is 30.3 Å². The summed E-state index contributed by atoms with van der Waals surface area (Å²) in [4.78, 5) is 12.6. The summed E-state index contributed by atoms with van der Waals surface area (Å²) in [6, 6.07) is 19.7. The Kier molecular flexibility index (Phi) is 7.20. The number of rotatable bonds is 8. The van der Waals surface area contributed by atoms with E-state index in [2.05, 4.69) is 10.0 Å². The zero-order chi connectivity index (χ0) is 22.4. The smallest absolute Gasteiger partial charge is 0.263 e. The summed E-state index contributed by atoms with van der Waals surface area (Å²) < 4.78 is 33.5. The average molecular weight is 459 g/mol. The van der Waals surface area contributed by atoms with Gasteiger partial charge in [-0.05, 0) is 61.9 Å². The van der Waals surface area contributed by atoms with Crippen molar-refractivity contribution in [1.82, 2.24) is 5.32 Å². The Hall–Kier alpha value is -3.03. The number of halogens is 1. The molecule has 2 N–H and O–H groups in total. The summed E-state index contributed by atoms with van der Waals surface area (Å²) >= 11 is 6.13. The van der Waals surface area contributed by atoms with Gasteiger partial charge in [0.1, 0.15) is 10.6 Å². The van der Waals surface area contributed by atoms with Crippen LogP contribution in [-0.2, 0) is 10.0 Å². The summed E-state index contributed by atoms with van der Waals surface area (Å²) in [6.45, 7) is 4.33. The van der Waals surface area contributed by atoms with E-state index in [9.17, 15) is 13.2 Å². The van der Waals surface area contributed by atoms with Gasteiger partial charge in [-0.2, -0.15) is 0 Å². The maximum absolute atomic E-state index is 12.8. The molecule has 3 aromatic rings. The molecular formula is C23H23ClN2O4S. The van der Waals surface area contributed by atoms with Crippen LogP contribution >= 0.6 is 11.6 Å². The number of carbonyl (C=O) groups is 1. The number of para-hydroxylation sites is 1. The minimum absolute atomic E-state index is 0.0274. The van der Waals surface area contributed by atoms with Crippen LogP contribution in [0.15, 0.2) is 77.7 Å². The van der Waals surface area contributed by atoms with E-state index in [0.717, 1.165) is 11.3 Å². The Morgan fingerprint density at radius 1 is 1.03 bits per heavy atom. The highest BCUT2D eigenvalue weighted by Gasteiger charge is 2.21. The predicted octanol–water partition coefficient (Wildman–Crippen LogP) is 5.03. The topological polar surface area (TPSA) is 84.5 Å². The SMILES string of the molecule is CCOc1ccc(C(C)NC(=O)c2ccc(Cl)c(S(=O)(=O)Nc3ccccc3)c2)cc1. The number of anilines is 1. The Bertz CT molecular complexity index is 1150. The molecule has 162 valence electrons. The lowest BCUT2D eigenvalue weighted by atomic mass is 10.1. The highest BCUT2D eigenvalue weighted by Crippen LogP contribution is 2.26. The maximum atomic E-state index is 12.8. The van der Waals surface area contributed by atoms with E-state index in [4.69, 9.17) is 16.3 Å². The first-order valence-electron chi connectivity index (χ1n) is 9.71. The van der Waals surface area contributed by atoms with Crippen molar-refractivity contribution in [3.05, 3.63) is 88.9 Å². The van der Waals surface area contributed by atoms with E-state index >= 15 is 0 Å². The molecule has 0 aliphatic carbocycles. The quantitative estimate of drug-likeness (QED) is 0.495. The minimum Gasteiger partial charge on any atom is -0.494 e. The molecule has 0 fully saturated rings. The van der Waals surface area contributed by atoms with Crippen molar-refractivity contribution in [2.24, 2.45) is 0 Å². The Morgan fingerprint density at radius 2 is 1.71 bits per heavy atom. The van der Waals surface area contributed by atoms with Crippen molar-refractivity contribution in [3.63, 3.8) is 0 Å². The number of sulfonamides is 1. The fourth-order valence-corrected chi connectivity index (χ4v) is 4.54. The van der Waals surface area contributed by atoms with Crippen LogP contribution in [0.25, 0.3) is 0 Å². The molecule has 3 aromatic carbocycles. The maximum Gasteiger partial charge on any atom is 0.263 e. The molecule has 0 bridgehead atoms. The number of amides is 1. The van der Waals surface area contributed by atoms with Gasteiger partial charge in [0.2, 0.25) is 0 Å². The zero-order valence-electron chi connectivity index (χ0n) is 17.1. The second-order valence-corrected chi connectivity index (χ2v) is 8.87. The van der Waals surface area contributed by atoms with E-state index in [1.165, 1.54) is 18.2 Å². The van der Waals surface area contributed by atoms with Crippen molar-refractivity contribution in [2.45, 2.75) is 24.8 Å². The lowest BCUT2D eigenvalue weighted by Crippen LogP contribution is -2.27. The van der Waals surface area contributed by atoms with Gasteiger partial charge in [0.15, 0.2) is 0 Å². The number of benzene rings is 3. The van der Waals surface area contributed by atoms with Crippen LogP contribution in [0.1, 0.15) is 35.8 Å². The van der Waals surface area contributed by atoms with Gasteiger partial charge in [-0.3, -0.25) is 9.52 Å². The Balaban J connectivity index is 1.77. The molecule has 0 saturated carbocycles. The van der Waals surface area contributed by atoms with E-state index < -0.39 is 15.9 Å². The van der Waals surface area contributed by atoms with Crippen molar-refractivity contribution in [1.29, 1.82) is 0 Å². The molecule has 0 saturated heterocycles. The molecular weight excluding hydrogens is 436 g/mol. The summed E-state index contributed by atoms with van der Waals surface area (Å²) in [5.74, 6) is 0.345. The molecule has 8 heteroatoms. The summed E-state index contributed by atoms with van der Waals surface area (Å²) in [6.07, 6.45) is 0.